The molecule has 3 amide bonds. The molecule has 0 aliphatic heterocycles. The molecule has 1 saturated carbocycles. The fourth-order valence-corrected chi connectivity index (χ4v) is 4.13. The van der Waals surface area contributed by atoms with Crippen molar-refractivity contribution in [3.8, 4) is 11.8 Å². The first-order valence-corrected chi connectivity index (χ1v) is 12.0. The standard InChI is InChI=1S/C28H24F4N4O3/c29-21-7-9-22(10-8-21)35-26(38)36-24(15-18-1-3-19(16-33)4-2-18)25(37)34-17-27(13-14-27)20-5-11-23(12-6-20)39-28(30,31)32/h1-12,24H,13-15,17H2,(H,34,37)(H2,35,36,38)/t24-/m0/s1. The predicted octanol–water partition coefficient (Wildman–Crippen LogP) is 5.18. The van der Waals surface area contributed by atoms with Crippen LogP contribution in [-0.2, 0) is 16.6 Å². The lowest BCUT2D eigenvalue weighted by Crippen LogP contribution is -2.50. The Hall–Kier alpha value is -4.59. The molecule has 0 spiro atoms. The number of rotatable bonds is 9. The first-order valence-electron chi connectivity index (χ1n) is 12.0. The molecule has 0 aromatic heterocycles. The van der Waals surface area contributed by atoms with Crippen molar-refractivity contribution in [1.82, 2.24) is 10.6 Å². The van der Waals surface area contributed by atoms with Crippen molar-refractivity contribution in [2.75, 3.05) is 11.9 Å². The van der Waals surface area contributed by atoms with Gasteiger partial charge in [0.1, 0.15) is 17.6 Å². The fourth-order valence-electron chi connectivity index (χ4n) is 4.13. The van der Waals surface area contributed by atoms with Crippen molar-refractivity contribution in [2.24, 2.45) is 0 Å². The summed E-state index contributed by atoms with van der Waals surface area (Å²) in [7, 11) is 0. The summed E-state index contributed by atoms with van der Waals surface area (Å²) in [6.07, 6.45) is -3.20. The molecule has 0 heterocycles. The van der Waals surface area contributed by atoms with Gasteiger partial charge in [-0.1, -0.05) is 24.3 Å². The van der Waals surface area contributed by atoms with Gasteiger partial charge in [0.2, 0.25) is 5.91 Å². The number of halogens is 4. The number of carbonyl (C=O) groups excluding carboxylic acids is 2. The molecular weight excluding hydrogens is 516 g/mol. The van der Waals surface area contributed by atoms with Gasteiger partial charge < -0.3 is 20.7 Å². The third kappa shape index (κ3) is 7.70. The monoisotopic (exact) mass is 540 g/mol. The third-order valence-electron chi connectivity index (χ3n) is 6.40. The van der Waals surface area contributed by atoms with Crippen LogP contribution in [0.1, 0.15) is 29.5 Å². The quantitative estimate of drug-likeness (QED) is 0.326. The highest BCUT2D eigenvalue weighted by atomic mass is 19.4. The summed E-state index contributed by atoms with van der Waals surface area (Å²) in [5.74, 6) is -1.25. The maximum Gasteiger partial charge on any atom is 0.573 e. The highest BCUT2D eigenvalue weighted by Crippen LogP contribution is 2.48. The molecule has 0 saturated heterocycles. The molecule has 39 heavy (non-hydrogen) atoms. The molecule has 0 unspecified atom stereocenters. The zero-order valence-corrected chi connectivity index (χ0v) is 20.5. The molecule has 1 fully saturated rings. The number of urea groups is 1. The van der Waals surface area contributed by atoms with Crippen LogP contribution in [0.2, 0.25) is 0 Å². The summed E-state index contributed by atoms with van der Waals surface area (Å²) in [6, 6.07) is 17.6. The minimum atomic E-state index is -4.79. The number of carbonyl (C=O) groups is 2. The molecule has 202 valence electrons. The molecule has 11 heteroatoms. The number of alkyl halides is 3. The molecule has 0 bridgehead atoms. The van der Waals surface area contributed by atoms with Gasteiger partial charge in [0, 0.05) is 24.1 Å². The molecule has 0 radical (unpaired) electrons. The Balaban J connectivity index is 1.43. The number of hydrogen-bond donors (Lipinski definition) is 3. The molecule has 3 aromatic rings. The molecule has 1 aliphatic carbocycles. The highest BCUT2D eigenvalue weighted by Gasteiger charge is 2.44. The van der Waals surface area contributed by atoms with Gasteiger partial charge in [0.15, 0.2) is 0 Å². The van der Waals surface area contributed by atoms with Gasteiger partial charge in [0.25, 0.3) is 0 Å². The summed E-state index contributed by atoms with van der Waals surface area (Å²) < 4.78 is 54.5. The number of ether oxygens (including phenoxy) is 1. The first-order chi connectivity index (χ1) is 18.5. The second-order valence-electron chi connectivity index (χ2n) is 9.24. The molecule has 3 aromatic carbocycles. The molecule has 7 nitrogen and oxygen atoms in total. The Labute approximate surface area is 221 Å². The van der Waals surface area contributed by atoms with E-state index in [-0.39, 0.29) is 18.7 Å². The van der Waals surface area contributed by atoms with Crippen molar-refractivity contribution in [1.29, 1.82) is 5.26 Å². The Morgan fingerprint density at radius 1 is 0.974 bits per heavy atom. The van der Waals surface area contributed by atoms with Crippen molar-refractivity contribution in [3.63, 3.8) is 0 Å². The van der Waals surface area contributed by atoms with E-state index < -0.39 is 35.6 Å². The van der Waals surface area contributed by atoms with Crippen LogP contribution in [0.25, 0.3) is 0 Å². The zero-order chi connectivity index (χ0) is 28.0. The number of anilines is 1. The van der Waals surface area contributed by atoms with E-state index in [4.69, 9.17) is 5.26 Å². The van der Waals surface area contributed by atoms with E-state index in [9.17, 15) is 27.2 Å². The molecule has 3 N–H and O–H groups in total. The summed E-state index contributed by atoms with van der Waals surface area (Å²) in [5, 5.41) is 17.1. The van der Waals surface area contributed by atoms with E-state index >= 15 is 0 Å². The molecular formula is C28H24F4N4O3. The average Bonchev–Trinajstić information content (AvgIpc) is 3.69. The van der Waals surface area contributed by atoms with Crippen molar-refractivity contribution < 1.29 is 31.9 Å². The molecule has 1 aliphatic rings. The van der Waals surface area contributed by atoms with E-state index in [1.165, 1.54) is 36.4 Å². The van der Waals surface area contributed by atoms with Crippen LogP contribution in [0.4, 0.5) is 28.0 Å². The lowest BCUT2D eigenvalue weighted by atomic mass is 9.95. The minimum Gasteiger partial charge on any atom is -0.406 e. The second kappa shape index (κ2) is 11.4. The van der Waals surface area contributed by atoms with E-state index in [1.807, 2.05) is 6.07 Å². The zero-order valence-electron chi connectivity index (χ0n) is 20.5. The largest absolute Gasteiger partial charge is 0.573 e. The van der Waals surface area contributed by atoms with Crippen LogP contribution in [0.15, 0.2) is 72.8 Å². The highest BCUT2D eigenvalue weighted by molar-refractivity contribution is 5.93. The number of amides is 3. The van der Waals surface area contributed by atoms with Gasteiger partial charge >= 0.3 is 12.4 Å². The van der Waals surface area contributed by atoms with Gasteiger partial charge in [-0.2, -0.15) is 5.26 Å². The maximum absolute atomic E-state index is 13.2. The topological polar surface area (TPSA) is 103 Å². The van der Waals surface area contributed by atoms with Gasteiger partial charge in [-0.3, -0.25) is 4.79 Å². The second-order valence-corrected chi connectivity index (χ2v) is 9.24. The number of nitrogens with zero attached hydrogens (tertiary/aromatic N) is 1. The van der Waals surface area contributed by atoms with E-state index in [2.05, 4.69) is 20.7 Å². The minimum absolute atomic E-state index is 0.130. The fraction of sp³-hybridized carbons (Fsp3) is 0.250. The van der Waals surface area contributed by atoms with Crippen LogP contribution < -0.4 is 20.7 Å². The van der Waals surface area contributed by atoms with E-state index in [0.29, 0.717) is 16.8 Å². The van der Waals surface area contributed by atoms with E-state index in [1.54, 1.807) is 36.4 Å². The lowest BCUT2D eigenvalue weighted by Gasteiger charge is -2.22. The SMILES string of the molecule is N#Cc1ccc(C[C@H](NC(=O)Nc2ccc(F)cc2)C(=O)NCC2(c3ccc(OC(F)(F)F)cc3)CC2)cc1. The van der Waals surface area contributed by atoms with Gasteiger partial charge in [-0.05, 0) is 72.5 Å². The number of hydrogen-bond acceptors (Lipinski definition) is 4. The Bertz CT molecular complexity index is 1350. The van der Waals surface area contributed by atoms with E-state index in [0.717, 1.165) is 18.4 Å². The first kappa shape index (κ1) is 27.4. The number of benzene rings is 3. The summed E-state index contributed by atoms with van der Waals surface area (Å²) in [5.41, 5.74) is 1.83. The smallest absolute Gasteiger partial charge is 0.406 e. The van der Waals surface area contributed by atoms with Crippen LogP contribution in [0, 0.1) is 17.1 Å². The predicted molar refractivity (Wildman–Crippen MR) is 134 cm³/mol. The third-order valence-corrected chi connectivity index (χ3v) is 6.40. The molecule has 4 rings (SSSR count). The van der Waals surface area contributed by atoms with Crippen LogP contribution in [0.5, 0.6) is 5.75 Å². The van der Waals surface area contributed by atoms with Gasteiger partial charge in [-0.25, -0.2) is 9.18 Å². The number of nitrogens with one attached hydrogen (secondary N) is 3. The van der Waals surface area contributed by atoms with Crippen LogP contribution in [-0.4, -0.2) is 30.9 Å². The number of nitriles is 1. The summed E-state index contributed by atoms with van der Waals surface area (Å²) in [4.78, 5) is 25.9. The van der Waals surface area contributed by atoms with Crippen LogP contribution in [0.3, 0.4) is 0 Å². The Morgan fingerprint density at radius 3 is 2.18 bits per heavy atom. The summed E-state index contributed by atoms with van der Waals surface area (Å²) >= 11 is 0. The summed E-state index contributed by atoms with van der Waals surface area (Å²) in [6.45, 7) is 0.219. The van der Waals surface area contributed by atoms with Crippen molar-refractivity contribution in [3.05, 3.63) is 95.3 Å². The maximum atomic E-state index is 13.2. The Kier molecular flexibility index (Phi) is 8.04. The average molecular weight is 541 g/mol. The van der Waals surface area contributed by atoms with Crippen molar-refractivity contribution >= 4 is 17.6 Å². The van der Waals surface area contributed by atoms with Crippen molar-refractivity contribution in [2.45, 2.75) is 37.1 Å². The van der Waals surface area contributed by atoms with Crippen LogP contribution >= 0.6 is 0 Å². The Morgan fingerprint density at radius 2 is 1.62 bits per heavy atom. The van der Waals surface area contributed by atoms with Gasteiger partial charge in [-0.15, -0.1) is 13.2 Å². The van der Waals surface area contributed by atoms with Gasteiger partial charge in [0.05, 0.1) is 11.6 Å². The normalized spacial score (nSPS) is 14.4. The molecule has 1 atom stereocenters. The lowest BCUT2D eigenvalue weighted by molar-refractivity contribution is -0.274.